The zero-order valence-corrected chi connectivity index (χ0v) is 13.9. The summed E-state index contributed by atoms with van der Waals surface area (Å²) in [4.78, 5) is 9.45. The van der Waals surface area contributed by atoms with Crippen LogP contribution in [0, 0.1) is 5.92 Å². The lowest BCUT2D eigenvalue weighted by molar-refractivity contribution is 0.392. The maximum Gasteiger partial charge on any atom is 0.161 e. The molecule has 23 heavy (non-hydrogen) atoms. The third-order valence-electron chi connectivity index (χ3n) is 4.29. The molecule has 0 bridgehead atoms. The second-order valence-electron chi connectivity index (χ2n) is 6.28. The summed E-state index contributed by atoms with van der Waals surface area (Å²) in [6.07, 6.45) is 4.64. The van der Waals surface area contributed by atoms with Gasteiger partial charge in [-0.25, -0.2) is 9.97 Å². The van der Waals surface area contributed by atoms with Crippen LogP contribution in [0.2, 0.25) is 0 Å². The number of nitrogens with one attached hydrogen (secondary N) is 2. The predicted octanol–water partition coefficient (Wildman–Crippen LogP) is 3.51. The lowest BCUT2D eigenvalue weighted by Gasteiger charge is -2.23. The largest absolute Gasteiger partial charge is 0.370 e. The van der Waals surface area contributed by atoms with Gasteiger partial charge < -0.3 is 10.6 Å². The van der Waals surface area contributed by atoms with E-state index in [0.717, 1.165) is 55.4 Å². The second kappa shape index (κ2) is 8.06. The fraction of sp³-hybridized carbons (Fsp3) is 0.474. The Morgan fingerprint density at radius 3 is 2.83 bits per heavy atom. The number of aromatic nitrogens is 2. The van der Waals surface area contributed by atoms with Crippen molar-refractivity contribution < 1.29 is 0 Å². The first-order valence-corrected chi connectivity index (χ1v) is 8.73. The highest BCUT2D eigenvalue weighted by Gasteiger charge is 2.13. The van der Waals surface area contributed by atoms with Gasteiger partial charge in [0, 0.05) is 23.9 Å². The van der Waals surface area contributed by atoms with Gasteiger partial charge in [0.2, 0.25) is 0 Å². The summed E-state index contributed by atoms with van der Waals surface area (Å²) in [5.74, 6) is 2.46. The van der Waals surface area contributed by atoms with Crippen LogP contribution in [0.25, 0.3) is 11.4 Å². The molecule has 1 saturated heterocycles. The van der Waals surface area contributed by atoms with Crippen LogP contribution in [0.5, 0.6) is 0 Å². The summed E-state index contributed by atoms with van der Waals surface area (Å²) in [5.41, 5.74) is 2.19. The van der Waals surface area contributed by atoms with Crippen molar-refractivity contribution in [3.63, 3.8) is 0 Å². The summed E-state index contributed by atoms with van der Waals surface area (Å²) in [6, 6.07) is 12.3. The number of rotatable bonds is 6. The van der Waals surface area contributed by atoms with Crippen molar-refractivity contribution in [3.05, 3.63) is 42.1 Å². The van der Waals surface area contributed by atoms with Gasteiger partial charge in [0.15, 0.2) is 5.82 Å². The number of piperidine rings is 1. The molecule has 1 aliphatic rings. The van der Waals surface area contributed by atoms with Gasteiger partial charge in [-0.3, -0.25) is 0 Å². The van der Waals surface area contributed by atoms with Crippen molar-refractivity contribution in [2.75, 3.05) is 25.0 Å². The molecule has 0 saturated carbocycles. The number of anilines is 1. The highest BCUT2D eigenvalue weighted by Crippen LogP contribution is 2.19. The molecule has 0 spiro atoms. The Morgan fingerprint density at radius 2 is 2.09 bits per heavy atom. The molecule has 122 valence electrons. The number of nitrogens with zero attached hydrogens (tertiary/aromatic N) is 2. The molecule has 1 unspecified atom stereocenters. The Bertz CT molecular complexity index is 606. The second-order valence-corrected chi connectivity index (χ2v) is 6.28. The molecular formula is C19H26N4. The zero-order valence-electron chi connectivity index (χ0n) is 13.9. The monoisotopic (exact) mass is 310 g/mol. The van der Waals surface area contributed by atoms with E-state index in [2.05, 4.69) is 35.8 Å². The van der Waals surface area contributed by atoms with E-state index in [0.29, 0.717) is 5.92 Å². The van der Waals surface area contributed by atoms with Gasteiger partial charge in [-0.1, -0.05) is 43.7 Å². The van der Waals surface area contributed by atoms with Crippen LogP contribution < -0.4 is 10.6 Å². The summed E-state index contributed by atoms with van der Waals surface area (Å²) < 4.78 is 0. The quantitative estimate of drug-likeness (QED) is 0.857. The van der Waals surface area contributed by atoms with Crippen molar-refractivity contribution in [2.24, 2.45) is 5.92 Å². The first-order valence-electron chi connectivity index (χ1n) is 8.73. The van der Waals surface area contributed by atoms with Gasteiger partial charge in [0.1, 0.15) is 5.82 Å². The molecule has 3 rings (SSSR count). The minimum Gasteiger partial charge on any atom is -0.370 e. The molecule has 4 heteroatoms. The lowest BCUT2D eigenvalue weighted by Crippen LogP contribution is -2.33. The molecule has 4 nitrogen and oxygen atoms in total. The molecule has 0 aliphatic carbocycles. The van der Waals surface area contributed by atoms with Crippen molar-refractivity contribution in [1.29, 1.82) is 0 Å². The molecule has 1 aromatic heterocycles. The molecule has 1 aromatic carbocycles. The Morgan fingerprint density at radius 1 is 1.22 bits per heavy atom. The minimum atomic E-state index is 0.688. The summed E-state index contributed by atoms with van der Waals surface area (Å²) in [5, 5.41) is 7.00. The molecular weight excluding hydrogens is 284 g/mol. The average molecular weight is 310 g/mol. The highest BCUT2D eigenvalue weighted by atomic mass is 15.0. The number of aryl methyl sites for hydroxylation is 1. The van der Waals surface area contributed by atoms with Crippen LogP contribution in [-0.4, -0.2) is 29.6 Å². The normalized spacial score (nSPS) is 17.9. The third-order valence-corrected chi connectivity index (χ3v) is 4.29. The Hall–Kier alpha value is -1.94. The summed E-state index contributed by atoms with van der Waals surface area (Å²) >= 11 is 0. The van der Waals surface area contributed by atoms with Crippen LogP contribution in [0.4, 0.5) is 5.82 Å². The van der Waals surface area contributed by atoms with E-state index >= 15 is 0 Å². The summed E-state index contributed by atoms with van der Waals surface area (Å²) in [6.45, 7) is 5.42. The Labute approximate surface area is 138 Å². The van der Waals surface area contributed by atoms with Crippen LogP contribution >= 0.6 is 0 Å². The first-order chi connectivity index (χ1) is 11.3. The minimum absolute atomic E-state index is 0.688. The van der Waals surface area contributed by atoms with Crippen molar-refractivity contribution in [1.82, 2.24) is 15.3 Å². The third kappa shape index (κ3) is 4.52. The molecule has 1 fully saturated rings. The topological polar surface area (TPSA) is 49.8 Å². The molecule has 1 aliphatic heterocycles. The van der Waals surface area contributed by atoms with Gasteiger partial charge in [0.05, 0.1) is 0 Å². The zero-order chi connectivity index (χ0) is 15.9. The predicted molar refractivity (Wildman–Crippen MR) is 95.5 cm³/mol. The molecule has 2 N–H and O–H groups in total. The fourth-order valence-corrected chi connectivity index (χ4v) is 3.04. The van der Waals surface area contributed by atoms with E-state index in [1.165, 1.54) is 12.8 Å². The first kappa shape index (κ1) is 15.9. The van der Waals surface area contributed by atoms with Crippen molar-refractivity contribution in [3.8, 4) is 11.4 Å². The van der Waals surface area contributed by atoms with E-state index in [-0.39, 0.29) is 0 Å². The standard InChI is InChI=1S/C19H26N4/c1-2-7-17-12-18(21-14-15-8-6-11-20-13-15)23-19(22-17)16-9-4-3-5-10-16/h3-5,9-10,12,15,20H,2,6-8,11,13-14H2,1H3,(H,21,22,23). The molecule has 1 atom stereocenters. The maximum atomic E-state index is 4.73. The maximum absolute atomic E-state index is 4.73. The van der Waals surface area contributed by atoms with Crippen LogP contribution in [-0.2, 0) is 6.42 Å². The van der Waals surface area contributed by atoms with E-state index in [9.17, 15) is 0 Å². The van der Waals surface area contributed by atoms with Gasteiger partial charge in [0.25, 0.3) is 0 Å². The van der Waals surface area contributed by atoms with E-state index in [1.54, 1.807) is 0 Å². The van der Waals surface area contributed by atoms with Crippen molar-refractivity contribution >= 4 is 5.82 Å². The van der Waals surface area contributed by atoms with E-state index in [4.69, 9.17) is 9.97 Å². The average Bonchev–Trinajstić information content (AvgIpc) is 2.62. The van der Waals surface area contributed by atoms with Crippen LogP contribution in [0.3, 0.4) is 0 Å². The van der Waals surface area contributed by atoms with E-state index in [1.807, 2.05) is 18.2 Å². The fourth-order valence-electron chi connectivity index (χ4n) is 3.04. The van der Waals surface area contributed by atoms with Crippen molar-refractivity contribution in [2.45, 2.75) is 32.6 Å². The molecule has 2 aromatic rings. The lowest BCUT2D eigenvalue weighted by atomic mass is 10.00. The Kier molecular flexibility index (Phi) is 5.59. The molecule has 2 heterocycles. The Balaban J connectivity index is 1.76. The van der Waals surface area contributed by atoms with E-state index < -0.39 is 0 Å². The number of hydrogen-bond acceptors (Lipinski definition) is 4. The van der Waals surface area contributed by atoms with Gasteiger partial charge in [-0.15, -0.1) is 0 Å². The SMILES string of the molecule is CCCc1cc(NCC2CCCNC2)nc(-c2ccccc2)n1. The smallest absolute Gasteiger partial charge is 0.161 e. The van der Waals surface area contributed by atoms with Crippen LogP contribution in [0.15, 0.2) is 36.4 Å². The van der Waals surface area contributed by atoms with Crippen LogP contribution in [0.1, 0.15) is 31.9 Å². The highest BCUT2D eigenvalue weighted by molar-refractivity contribution is 5.57. The molecule has 0 radical (unpaired) electrons. The molecule has 0 amide bonds. The number of benzene rings is 1. The number of hydrogen-bond donors (Lipinski definition) is 2. The van der Waals surface area contributed by atoms with Gasteiger partial charge in [-0.2, -0.15) is 0 Å². The van der Waals surface area contributed by atoms with Gasteiger partial charge in [-0.05, 0) is 38.3 Å². The van der Waals surface area contributed by atoms with Gasteiger partial charge >= 0.3 is 0 Å². The summed E-state index contributed by atoms with van der Waals surface area (Å²) in [7, 11) is 0.